The molecule has 0 spiro atoms. The summed E-state index contributed by atoms with van der Waals surface area (Å²) >= 11 is 17.8. The monoisotopic (exact) mass is 554 g/mol. The summed E-state index contributed by atoms with van der Waals surface area (Å²) in [5, 5.41) is 1.31. The smallest absolute Gasteiger partial charge is 0.325 e. The summed E-state index contributed by atoms with van der Waals surface area (Å²) < 4.78 is 10.7. The van der Waals surface area contributed by atoms with E-state index in [0.29, 0.717) is 21.5 Å². The molecule has 190 valence electrons. The normalized spacial score (nSPS) is 14.4. The van der Waals surface area contributed by atoms with Crippen molar-refractivity contribution < 1.29 is 19.1 Å². The van der Waals surface area contributed by atoms with Gasteiger partial charge in [0.15, 0.2) is 5.11 Å². The van der Waals surface area contributed by atoms with Crippen molar-refractivity contribution >= 4 is 64.2 Å². The number of carbonyl (C=O) groups excluding carboxylic acids is 2. The van der Waals surface area contributed by atoms with Crippen LogP contribution in [0.4, 0.5) is 5.69 Å². The number of methoxy groups -OCH3 is 1. The maximum atomic E-state index is 13.5. The van der Waals surface area contributed by atoms with Crippen molar-refractivity contribution in [2.75, 3.05) is 18.6 Å². The van der Waals surface area contributed by atoms with Gasteiger partial charge in [-0.2, -0.15) is 0 Å². The average Bonchev–Trinajstić information content (AvgIpc) is 3.12. The lowest BCUT2D eigenvalue weighted by Gasteiger charge is -2.19. The second kappa shape index (κ2) is 11.8. The number of nitrogens with zero attached hydrogens (tertiary/aromatic N) is 2. The maximum Gasteiger partial charge on any atom is 0.325 e. The molecule has 0 saturated carbocycles. The summed E-state index contributed by atoms with van der Waals surface area (Å²) in [6.07, 6.45) is 2.57. The number of carbonyl (C=O) groups is 2. The van der Waals surface area contributed by atoms with Gasteiger partial charge in [-0.25, -0.2) is 0 Å². The molecule has 1 amide bonds. The molecule has 0 unspecified atom stereocenters. The van der Waals surface area contributed by atoms with E-state index in [0.717, 1.165) is 23.1 Å². The van der Waals surface area contributed by atoms with E-state index in [-0.39, 0.29) is 29.9 Å². The van der Waals surface area contributed by atoms with Gasteiger partial charge < -0.3 is 14.4 Å². The highest BCUT2D eigenvalue weighted by molar-refractivity contribution is 7.80. The van der Waals surface area contributed by atoms with Crippen LogP contribution in [0.5, 0.6) is 5.75 Å². The Kier molecular flexibility index (Phi) is 8.48. The fourth-order valence-corrected chi connectivity index (χ4v) is 4.57. The molecule has 1 saturated heterocycles. The van der Waals surface area contributed by atoms with Crippen LogP contribution in [0, 0.1) is 0 Å². The molecule has 4 rings (SSSR count). The maximum absolute atomic E-state index is 13.5. The predicted molar refractivity (Wildman–Crippen MR) is 150 cm³/mol. The van der Waals surface area contributed by atoms with Crippen LogP contribution < -0.4 is 9.64 Å². The molecule has 0 bridgehead atoms. The minimum absolute atomic E-state index is 0.181. The van der Waals surface area contributed by atoms with Crippen molar-refractivity contribution in [1.82, 2.24) is 4.90 Å². The Hall–Kier alpha value is -3.39. The van der Waals surface area contributed by atoms with Crippen LogP contribution in [-0.2, 0) is 27.4 Å². The van der Waals surface area contributed by atoms with E-state index in [1.54, 1.807) is 30.3 Å². The van der Waals surface area contributed by atoms with Crippen molar-refractivity contribution in [3.05, 3.63) is 99.2 Å². The van der Waals surface area contributed by atoms with Crippen LogP contribution in [0.15, 0.2) is 72.4 Å². The third kappa shape index (κ3) is 6.13. The molecule has 0 aliphatic carbocycles. The zero-order chi connectivity index (χ0) is 26.5. The minimum Gasteiger partial charge on any atom is -0.489 e. The summed E-state index contributed by atoms with van der Waals surface area (Å²) in [4.78, 5) is 28.5. The summed E-state index contributed by atoms with van der Waals surface area (Å²) in [6, 6.07) is 20.1. The Bertz CT molecular complexity index is 1360. The highest BCUT2D eigenvalue weighted by atomic mass is 35.5. The molecule has 0 N–H and O–H groups in total. The van der Waals surface area contributed by atoms with Gasteiger partial charge >= 0.3 is 5.97 Å². The molecule has 0 radical (unpaired) electrons. The Balaban J connectivity index is 1.57. The van der Waals surface area contributed by atoms with Crippen molar-refractivity contribution in [3.63, 3.8) is 0 Å². The molecule has 0 aromatic heterocycles. The lowest BCUT2D eigenvalue weighted by molar-refractivity contribution is -0.140. The highest BCUT2D eigenvalue weighted by Crippen LogP contribution is 2.30. The van der Waals surface area contributed by atoms with Gasteiger partial charge in [-0.05, 0) is 72.2 Å². The van der Waals surface area contributed by atoms with Crippen molar-refractivity contribution in [1.29, 1.82) is 0 Å². The second-order valence-corrected chi connectivity index (χ2v) is 9.44. The lowest BCUT2D eigenvalue weighted by atomic mass is 10.1. The third-order valence-corrected chi connectivity index (χ3v) is 6.84. The minimum atomic E-state index is -0.506. The zero-order valence-corrected chi connectivity index (χ0v) is 22.6. The first-order valence-corrected chi connectivity index (χ1v) is 12.7. The number of esters is 1. The van der Waals surface area contributed by atoms with Gasteiger partial charge in [0.1, 0.15) is 24.6 Å². The van der Waals surface area contributed by atoms with Crippen LogP contribution in [0.1, 0.15) is 23.6 Å². The van der Waals surface area contributed by atoms with Crippen LogP contribution in [0.2, 0.25) is 10.0 Å². The van der Waals surface area contributed by atoms with E-state index >= 15 is 0 Å². The first kappa shape index (κ1) is 26.7. The topological polar surface area (TPSA) is 59.1 Å². The quantitative estimate of drug-likeness (QED) is 0.185. The van der Waals surface area contributed by atoms with Gasteiger partial charge in [-0.15, -0.1) is 0 Å². The number of anilines is 1. The fraction of sp³-hybridized carbons (Fsp3) is 0.179. The molecule has 1 heterocycles. The summed E-state index contributed by atoms with van der Waals surface area (Å²) in [5.74, 6) is -0.199. The van der Waals surface area contributed by atoms with Gasteiger partial charge in [0.2, 0.25) is 0 Å². The van der Waals surface area contributed by atoms with Crippen molar-refractivity contribution in [2.24, 2.45) is 0 Å². The number of hydrogen-bond donors (Lipinski definition) is 0. The predicted octanol–water partition coefficient (Wildman–Crippen LogP) is 6.28. The van der Waals surface area contributed by atoms with Gasteiger partial charge in [0.05, 0.1) is 12.8 Å². The molecule has 3 aromatic rings. The van der Waals surface area contributed by atoms with E-state index in [9.17, 15) is 9.59 Å². The standard InChI is InChI=1S/C28H24Cl2N2O4S/c1-3-18-4-10-22(11-5-18)32-27(34)25(31(28(32)37)16-26(33)35-2)14-19-6-12-23(13-7-19)36-17-20-8-9-21(29)15-24(20)30/h4-15H,3,16-17H2,1-2H3/b25-14-. The van der Waals surface area contributed by atoms with Gasteiger partial charge in [-0.1, -0.05) is 60.5 Å². The van der Waals surface area contributed by atoms with Gasteiger partial charge in [0.25, 0.3) is 5.91 Å². The molecule has 6 nitrogen and oxygen atoms in total. The Morgan fingerprint density at radius 1 is 1.03 bits per heavy atom. The molecular weight excluding hydrogens is 531 g/mol. The number of hydrogen-bond acceptors (Lipinski definition) is 5. The van der Waals surface area contributed by atoms with Crippen molar-refractivity contribution in [3.8, 4) is 5.75 Å². The number of aryl methyl sites for hydroxylation is 1. The van der Waals surface area contributed by atoms with E-state index in [4.69, 9.17) is 44.9 Å². The molecule has 3 aromatic carbocycles. The van der Waals surface area contributed by atoms with Crippen LogP contribution in [0.3, 0.4) is 0 Å². The number of halogens is 2. The van der Waals surface area contributed by atoms with Crippen LogP contribution in [0.25, 0.3) is 6.08 Å². The number of amides is 1. The average molecular weight is 555 g/mol. The van der Waals surface area contributed by atoms with Crippen molar-refractivity contribution in [2.45, 2.75) is 20.0 Å². The van der Waals surface area contributed by atoms with Gasteiger partial charge in [-0.3, -0.25) is 14.5 Å². The first-order valence-electron chi connectivity index (χ1n) is 11.5. The van der Waals surface area contributed by atoms with Gasteiger partial charge in [0, 0.05) is 15.6 Å². The lowest BCUT2D eigenvalue weighted by Crippen LogP contribution is -2.35. The number of benzene rings is 3. The summed E-state index contributed by atoms with van der Waals surface area (Å²) in [5.41, 5.74) is 3.60. The second-order valence-electron chi connectivity index (χ2n) is 8.23. The van der Waals surface area contributed by atoms with E-state index in [1.165, 1.54) is 16.9 Å². The molecule has 0 atom stereocenters. The summed E-state index contributed by atoms with van der Waals surface area (Å²) in [7, 11) is 1.30. The third-order valence-electron chi connectivity index (χ3n) is 5.85. The zero-order valence-electron chi connectivity index (χ0n) is 20.2. The Morgan fingerprint density at radius 3 is 2.35 bits per heavy atom. The van der Waals surface area contributed by atoms with Crippen LogP contribution in [-0.4, -0.2) is 35.5 Å². The number of thiocarbonyl (C=S) groups is 1. The van der Waals surface area contributed by atoms with E-state index in [1.807, 2.05) is 42.5 Å². The summed E-state index contributed by atoms with van der Waals surface area (Å²) in [6.45, 7) is 2.16. The van der Waals surface area contributed by atoms with Crippen LogP contribution >= 0.6 is 35.4 Å². The largest absolute Gasteiger partial charge is 0.489 e. The highest BCUT2D eigenvalue weighted by Gasteiger charge is 2.40. The number of rotatable bonds is 8. The van der Waals surface area contributed by atoms with E-state index in [2.05, 4.69) is 6.92 Å². The Morgan fingerprint density at radius 2 is 1.73 bits per heavy atom. The Labute approximate surface area is 231 Å². The van der Waals surface area contributed by atoms with E-state index < -0.39 is 5.97 Å². The fourth-order valence-electron chi connectivity index (χ4n) is 3.75. The SMILES string of the molecule is CCc1ccc(N2C(=O)/C(=C/c3ccc(OCc4ccc(Cl)cc4Cl)cc3)N(CC(=O)OC)C2=S)cc1. The molecule has 1 fully saturated rings. The molecule has 37 heavy (non-hydrogen) atoms. The molecule has 9 heteroatoms. The molecule has 1 aliphatic heterocycles. The first-order chi connectivity index (χ1) is 17.8. The molecule has 1 aliphatic rings. The molecular formula is C28H24Cl2N2O4S. The number of ether oxygens (including phenoxy) is 2.